The Morgan fingerprint density at radius 2 is 1.67 bits per heavy atom. The summed E-state index contributed by atoms with van der Waals surface area (Å²) in [6.07, 6.45) is 9.52. The average molecular weight is 223 g/mol. The van der Waals surface area contributed by atoms with Crippen LogP contribution in [0, 0.1) is 0 Å². The number of allylic oxidation sites excluding steroid dienone is 1. The molecular weight excluding hydrogens is 204 g/mol. The van der Waals surface area contributed by atoms with Crippen molar-refractivity contribution in [2.24, 2.45) is 0 Å². The highest BCUT2D eigenvalue weighted by Gasteiger charge is 1.93. The highest BCUT2D eigenvalue weighted by Crippen LogP contribution is 2.12. The van der Waals surface area contributed by atoms with Crippen molar-refractivity contribution < 1.29 is 0 Å². The van der Waals surface area contributed by atoms with Gasteiger partial charge in [-0.25, -0.2) is 0 Å². The maximum atomic E-state index is 5.82. The molecule has 0 aliphatic carbocycles. The lowest BCUT2D eigenvalue weighted by atomic mass is 10.1. The van der Waals surface area contributed by atoms with E-state index in [0.29, 0.717) is 0 Å². The maximum Gasteiger partial charge on any atom is 0.0406 e. The first-order chi connectivity index (χ1) is 7.33. The van der Waals surface area contributed by atoms with Gasteiger partial charge in [0.2, 0.25) is 0 Å². The summed E-state index contributed by atoms with van der Waals surface area (Å²) in [5.74, 6) is 0. The van der Waals surface area contributed by atoms with Crippen LogP contribution in [0.1, 0.15) is 37.7 Å². The molecule has 0 aromatic heterocycles. The molecule has 15 heavy (non-hydrogen) atoms. The van der Waals surface area contributed by atoms with Gasteiger partial charge < -0.3 is 0 Å². The molecule has 0 spiro atoms. The van der Waals surface area contributed by atoms with Crippen LogP contribution in [0.4, 0.5) is 0 Å². The molecule has 1 rings (SSSR count). The second-order valence-electron chi connectivity index (χ2n) is 3.87. The van der Waals surface area contributed by atoms with Gasteiger partial charge in [0.1, 0.15) is 0 Å². The van der Waals surface area contributed by atoms with Crippen molar-refractivity contribution in [3.63, 3.8) is 0 Å². The van der Waals surface area contributed by atoms with Crippen molar-refractivity contribution in [2.45, 2.75) is 38.5 Å². The molecule has 0 fully saturated rings. The second kappa shape index (κ2) is 7.53. The molecule has 1 heteroatoms. The quantitative estimate of drug-likeness (QED) is 0.449. The third-order valence-corrected chi connectivity index (χ3v) is 2.79. The van der Waals surface area contributed by atoms with Crippen LogP contribution in [0.3, 0.4) is 0 Å². The van der Waals surface area contributed by atoms with Gasteiger partial charge in [0.15, 0.2) is 0 Å². The third kappa shape index (κ3) is 5.64. The molecule has 0 unspecified atom stereocenters. The normalized spacial score (nSPS) is 10.2. The Kier molecular flexibility index (Phi) is 6.18. The fourth-order valence-electron chi connectivity index (χ4n) is 1.62. The van der Waals surface area contributed by atoms with Crippen molar-refractivity contribution in [3.8, 4) is 0 Å². The standard InChI is InChI=1S/C14H19Cl/c1-2-3-4-5-6-7-8-13-9-11-14(15)12-10-13/h2,9-12H,1,3-8H2. The van der Waals surface area contributed by atoms with Crippen molar-refractivity contribution in [2.75, 3.05) is 0 Å². The lowest BCUT2D eigenvalue weighted by molar-refractivity contribution is 0.646. The third-order valence-electron chi connectivity index (χ3n) is 2.54. The molecule has 0 N–H and O–H groups in total. The van der Waals surface area contributed by atoms with E-state index in [1.165, 1.54) is 37.7 Å². The Morgan fingerprint density at radius 1 is 1.00 bits per heavy atom. The summed E-state index contributed by atoms with van der Waals surface area (Å²) in [6, 6.07) is 8.17. The number of halogens is 1. The smallest absolute Gasteiger partial charge is 0.0406 e. The zero-order valence-electron chi connectivity index (χ0n) is 9.21. The summed E-state index contributed by atoms with van der Waals surface area (Å²) < 4.78 is 0. The van der Waals surface area contributed by atoms with Gasteiger partial charge in [-0.1, -0.05) is 42.7 Å². The van der Waals surface area contributed by atoms with Crippen LogP contribution in [0.2, 0.25) is 5.02 Å². The van der Waals surface area contributed by atoms with Crippen molar-refractivity contribution in [1.82, 2.24) is 0 Å². The van der Waals surface area contributed by atoms with E-state index >= 15 is 0 Å². The minimum atomic E-state index is 0.824. The van der Waals surface area contributed by atoms with Gasteiger partial charge in [0.05, 0.1) is 0 Å². The first-order valence-electron chi connectivity index (χ1n) is 5.68. The minimum Gasteiger partial charge on any atom is -0.103 e. The first kappa shape index (κ1) is 12.3. The van der Waals surface area contributed by atoms with E-state index in [9.17, 15) is 0 Å². The van der Waals surface area contributed by atoms with Crippen molar-refractivity contribution in [1.29, 1.82) is 0 Å². The zero-order chi connectivity index (χ0) is 10.9. The summed E-state index contributed by atoms with van der Waals surface area (Å²) >= 11 is 5.82. The predicted octanol–water partition coefficient (Wildman–Crippen LogP) is 5.02. The summed E-state index contributed by atoms with van der Waals surface area (Å²) in [5.41, 5.74) is 1.39. The molecule has 0 atom stereocenters. The molecule has 0 saturated heterocycles. The van der Waals surface area contributed by atoms with E-state index in [-0.39, 0.29) is 0 Å². The maximum absolute atomic E-state index is 5.82. The predicted molar refractivity (Wildman–Crippen MR) is 68.4 cm³/mol. The molecule has 1 aromatic carbocycles. The van der Waals surface area contributed by atoms with Crippen LogP contribution in [-0.4, -0.2) is 0 Å². The van der Waals surface area contributed by atoms with Gasteiger partial charge in [-0.15, -0.1) is 6.58 Å². The molecule has 0 saturated carbocycles. The monoisotopic (exact) mass is 222 g/mol. The van der Waals surface area contributed by atoms with E-state index in [0.717, 1.165) is 11.4 Å². The first-order valence-corrected chi connectivity index (χ1v) is 6.06. The number of hydrogen-bond donors (Lipinski definition) is 0. The van der Waals surface area contributed by atoms with E-state index < -0.39 is 0 Å². The van der Waals surface area contributed by atoms with E-state index in [2.05, 4.69) is 18.7 Å². The topological polar surface area (TPSA) is 0 Å². The van der Waals surface area contributed by atoms with Gasteiger partial charge >= 0.3 is 0 Å². The number of benzene rings is 1. The Morgan fingerprint density at radius 3 is 2.33 bits per heavy atom. The Balaban J connectivity index is 2.09. The Labute approximate surface area is 98.0 Å². The minimum absolute atomic E-state index is 0.824. The summed E-state index contributed by atoms with van der Waals surface area (Å²) in [6.45, 7) is 3.72. The molecular formula is C14H19Cl. The second-order valence-corrected chi connectivity index (χ2v) is 4.30. The summed E-state index contributed by atoms with van der Waals surface area (Å²) in [5, 5.41) is 0.824. The van der Waals surface area contributed by atoms with E-state index in [1.807, 2.05) is 18.2 Å². The number of hydrogen-bond acceptors (Lipinski definition) is 0. The van der Waals surface area contributed by atoms with E-state index in [4.69, 9.17) is 11.6 Å². The van der Waals surface area contributed by atoms with Gasteiger partial charge in [-0.05, 0) is 43.4 Å². The molecule has 1 aromatic rings. The molecule has 0 amide bonds. The molecule has 0 radical (unpaired) electrons. The fourth-order valence-corrected chi connectivity index (χ4v) is 1.75. The molecule has 0 bridgehead atoms. The Bertz CT molecular complexity index is 274. The highest BCUT2D eigenvalue weighted by atomic mass is 35.5. The van der Waals surface area contributed by atoms with Gasteiger partial charge in [0, 0.05) is 5.02 Å². The van der Waals surface area contributed by atoms with Crippen LogP contribution in [-0.2, 0) is 6.42 Å². The largest absolute Gasteiger partial charge is 0.103 e. The van der Waals surface area contributed by atoms with Crippen LogP contribution in [0.15, 0.2) is 36.9 Å². The molecule has 0 aliphatic heterocycles. The molecule has 82 valence electrons. The molecule has 0 heterocycles. The SMILES string of the molecule is C=CCCCCCCc1ccc(Cl)cc1. The van der Waals surface area contributed by atoms with Crippen LogP contribution in [0.5, 0.6) is 0 Å². The average Bonchev–Trinajstić information content (AvgIpc) is 2.26. The lowest BCUT2D eigenvalue weighted by Gasteiger charge is -2.01. The van der Waals surface area contributed by atoms with E-state index in [1.54, 1.807) is 0 Å². The molecule has 0 aliphatic rings. The summed E-state index contributed by atoms with van der Waals surface area (Å²) in [7, 11) is 0. The fraction of sp³-hybridized carbons (Fsp3) is 0.429. The van der Waals surface area contributed by atoms with Gasteiger partial charge in [0.25, 0.3) is 0 Å². The van der Waals surface area contributed by atoms with Crippen molar-refractivity contribution >= 4 is 11.6 Å². The van der Waals surface area contributed by atoms with Crippen molar-refractivity contribution in [3.05, 3.63) is 47.5 Å². The number of aryl methyl sites for hydroxylation is 1. The summed E-state index contributed by atoms with van der Waals surface area (Å²) in [4.78, 5) is 0. The van der Waals surface area contributed by atoms with Gasteiger partial charge in [-0.3, -0.25) is 0 Å². The number of rotatable bonds is 7. The van der Waals surface area contributed by atoms with Crippen LogP contribution >= 0.6 is 11.6 Å². The highest BCUT2D eigenvalue weighted by molar-refractivity contribution is 6.30. The van der Waals surface area contributed by atoms with Crippen LogP contribution < -0.4 is 0 Å². The Hall–Kier alpha value is -0.750. The zero-order valence-corrected chi connectivity index (χ0v) is 9.97. The molecule has 0 nitrogen and oxygen atoms in total. The number of unbranched alkanes of at least 4 members (excludes halogenated alkanes) is 4. The lowest BCUT2D eigenvalue weighted by Crippen LogP contribution is -1.85. The van der Waals surface area contributed by atoms with Crippen LogP contribution in [0.25, 0.3) is 0 Å². The van der Waals surface area contributed by atoms with Gasteiger partial charge in [-0.2, -0.15) is 0 Å².